The Kier molecular flexibility index (Phi) is 6.01. The third-order valence-corrected chi connectivity index (χ3v) is 4.45. The highest BCUT2D eigenvalue weighted by atomic mass is 16.5. The Morgan fingerprint density at radius 2 is 1.63 bits per heavy atom. The molecule has 27 heavy (non-hydrogen) atoms. The van der Waals surface area contributed by atoms with E-state index in [1.807, 2.05) is 13.0 Å². The number of rotatable bonds is 7. The van der Waals surface area contributed by atoms with Gasteiger partial charge in [-0.1, -0.05) is 39.0 Å². The van der Waals surface area contributed by atoms with Crippen molar-refractivity contribution < 1.29 is 9.84 Å². The first-order valence-corrected chi connectivity index (χ1v) is 9.43. The van der Waals surface area contributed by atoms with Gasteiger partial charge in [0, 0.05) is 11.6 Å². The van der Waals surface area contributed by atoms with E-state index in [0.717, 1.165) is 24.8 Å². The molecule has 5 heteroatoms. The minimum absolute atomic E-state index is 0.0952. The van der Waals surface area contributed by atoms with Gasteiger partial charge in [-0.15, -0.1) is 0 Å². The molecule has 140 valence electrons. The predicted molar refractivity (Wildman–Crippen MR) is 107 cm³/mol. The van der Waals surface area contributed by atoms with Gasteiger partial charge < -0.3 is 9.84 Å². The van der Waals surface area contributed by atoms with Crippen molar-refractivity contribution in [3.63, 3.8) is 0 Å². The van der Waals surface area contributed by atoms with E-state index in [0.29, 0.717) is 29.6 Å². The van der Waals surface area contributed by atoms with E-state index in [-0.39, 0.29) is 5.75 Å². The van der Waals surface area contributed by atoms with Crippen LogP contribution in [0.2, 0.25) is 0 Å². The molecule has 0 aliphatic rings. The van der Waals surface area contributed by atoms with Crippen molar-refractivity contribution in [3.05, 3.63) is 53.9 Å². The van der Waals surface area contributed by atoms with Crippen LogP contribution in [0.1, 0.15) is 38.3 Å². The highest BCUT2D eigenvalue weighted by Gasteiger charge is 2.13. The second-order valence-corrected chi connectivity index (χ2v) is 6.36. The van der Waals surface area contributed by atoms with Gasteiger partial charge in [0.25, 0.3) is 0 Å². The Morgan fingerprint density at radius 3 is 2.30 bits per heavy atom. The number of ether oxygens (including phenoxy) is 1. The maximum absolute atomic E-state index is 10.4. The van der Waals surface area contributed by atoms with Crippen LogP contribution in [0.4, 0.5) is 0 Å². The number of hydrogen-bond donors (Lipinski definition) is 1. The maximum atomic E-state index is 10.4. The van der Waals surface area contributed by atoms with E-state index in [9.17, 15) is 5.11 Å². The van der Waals surface area contributed by atoms with E-state index in [1.165, 1.54) is 17.5 Å². The molecule has 0 fully saturated rings. The summed E-state index contributed by atoms with van der Waals surface area (Å²) in [6.07, 6.45) is 4.30. The zero-order chi connectivity index (χ0) is 19.2. The van der Waals surface area contributed by atoms with E-state index >= 15 is 0 Å². The van der Waals surface area contributed by atoms with E-state index in [2.05, 4.69) is 47.0 Å². The van der Waals surface area contributed by atoms with Crippen molar-refractivity contribution in [1.82, 2.24) is 15.0 Å². The highest BCUT2D eigenvalue weighted by Crippen LogP contribution is 2.31. The molecule has 3 rings (SSSR count). The lowest BCUT2D eigenvalue weighted by Crippen LogP contribution is -1.99. The second kappa shape index (κ2) is 8.62. The fraction of sp³-hybridized carbons (Fsp3) is 0.318. The Balaban J connectivity index is 1.97. The molecule has 1 N–H and O–H groups in total. The lowest BCUT2D eigenvalue weighted by molar-refractivity contribution is 0.315. The molecule has 0 saturated carbocycles. The normalized spacial score (nSPS) is 10.8. The minimum atomic E-state index is 0.0952. The first kappa shape index (κ1) is 18.8. The standard InChI is InChI=1S/C22H25N3O2/c1-4-11-27-17-8-10-19(20(26)13-17)22-24-14-23-21(25-22)18-9-7-15(5-2)12-16(18)6-3/h7-10,12-14,26H,4-6,11H2,1-3H3. The van der Waals surface area contributed by atoms with Gasteiger partial charge in [-0.25, -0.2) is 15.0 Å². The van der Waals surface area contributed by atoms with Crippen LogP contribution < -0.4 is 4.74 Å². The van der Waals surface area contributed by atoms with Crippen molar-refractivity contribution in [1.29, 1.82) is 0 Å². The van der Waals surface area contributed by atoms with E-state index in [1.54, 1.807) is 12.1 Å². The fourth-order valence-electron chi connectivity index (χ4n) is 2.94. The van der Waals surface area contributed by atoms with Crippen molar-refractivity contribution >= 4 is 0 Å². The Morgan fingerprint density at radius 1 is 0.889 bits per heavy atom. The van der Waals surface area contributed by atoms with Gasteiger partial charge >= 0.3 is 0 Å². The molecular formula is C22H25N3O2. The summed E-state index contributed by atoms with van der Waals surface area (Å²) in [5, 5.41) is 10.4. The number of aromatic hydroxyl groups is 1. The third kappa shape index (κ3) is 4.25. The van der Waals surface area contributed by atoms with Gasteiger partial charge in [0.05, 0.1) is 12.2 Å². The van der Waals surface area contributed by atoms with E-state index < -0.39 is 0 Å². The second-order valence-electron chi connectivity index (χ2n) is 6.36. The molecule has 2 aromatic carbocycles. The molecule has 0 radical (unpaired) electrons. The molecule has 0 spiro atoms. The first-order chi connectivity index (χ1) is 13.2. The Hall–Kier alpha value is -2.95. The topological polar surface area (TPSA) is 68.1 Å². The molecule has 0 aliphatic heterocycles. The molecule has 0 amide bonds. The summed E-state index contributed by atoms with van der Waals surface area (Å²) in [7, 11) is 0. The quantitative estimate of drug-likeness (QED) is 0.651. The van der Waals surface area contributed by atoms with Crippen LogP contribution >= 0.6 is 0 Å². The van der Waals surface area contributed by atoms with Crippen LogP contribution in [0.15, 0.2) is 42.7 Å². The predicted octanol–water partition coefficient (Wildman–Crippen LogP) is 4.82. The number of hydrogen-bond acceptors (Lipinski definition) is 5. The van der Waals surface area contributed by atoms with Gasteiger partial charge in [-0.05, 0) is 42.5 Å². The van der Waals surface area contributed by atoms with Gasteiger partial charge in [-0.2, -0.15) is 0 Å². The summed E-state index contributed by atoms with van der Waals surface area (Å²) in [5.41, 5.74) is 4.07. The molecule has 0 atom stereocenters. The average molecular weight is 363 g/mol. The smallest absolute Gasteiger partial charge is 0.167 e. The number of phenolic OH excluding ortho intramolecular Hbond substituents is 1. The zero-order valence-corrected chi connectivity index (χ0v) is 16.1. The van der Waals surface area contributed by atoms with Crippen molar-refractivity contribution in [2.24, 2.45) is 0 Å². The Labute approximate surface area is 160 Å². The largest absolute Gasteiger partial charge is 0.507 e. The van der Waals surface area contributed by atoms with Crippen LogP contribution in [-0.4, -0.2) is 26.7 Å². The number of phenols is 1. The van der Waals surface area contributed by atoms with Crippen LogP contribution in [0, 0.1) is 0 Å². The van der Waals surface area contributed by atoms with Gasteiger partial charge in [0.1, 0.15) is 17.8 Å². The summed E-state index contributed by atoms with van der Waals surface area (Å²) >= 11 is 0. The third-order valence-electron chi connectivity index (χ3n) is 4.45. The number of benzene rings is 2. The number of aryl methyl sites for hydroxylation is 2. The first-order valence-electron chi connectivity index (χ1n) is 9.43. The molecule has 0 aliphatic carbocycles. The van der Waals surface area contributed by atoms with Gasteiger partial charge in [0.2, 0.25) is 0 Å². The molecule has 0 saturated heterocycles. The fourth-order valence-corrected chi connectivity index (χ4v) is 2.94. The number of aromatic nitrogens is 3. The van der Waals surface area contributed by atoms with Crippen molar-refractivity contribution in [2.75, 3.05) is 6.61 Å². The molecular weight excluding hydrogens is 338 g/mol. The summed E-state index contributed by atoms with van der Waals surface area (Å²) in [4.78, 5) is 13.2. The molecule has 0 unspecified atom stereocenters. The van der Waals surface area contributed by atoms with Crippen LogP contribution in [0.5, 0.6) is 11.5 Å². The molecule has 5 nitrogen and oxygen atoms in total. The number of nitrogens with zero attached hydrogens (tertiary/aromatic N) is 3. The van der Waals surface area contributed by atoms with Gasteiger partial charge in [-0.3, -0.25) is 0 Å². The molecule has 3 aromatic rings. The maximum Gasteiger partial charge on any atom is 0.167 e. The van der Waals surface area contributed by atoms with Crippen LogP contribution in [-0.2, 0) is 12.8 Å². The lowest BCUT2D eigenvalue weighted by Gasteiger charge is -2.11. The van der Waals surface area contributed by atoms with Crippen LogP contribution in [0.25, 0.3) is 22.8 Å². The highest BCUT2D eigenvalue weighted by molar-refractivity contribution is 5.68. The average Bonchev–Trinajstić information content (AvgIpc) is 2.71. The molecule has 1 heterocycles. The summed E-state index contributed by atoms with van der Waals surface area (Å²) in [6, 6.07) is 11.6. The monoisotopic (exact) mass is 363 g/mol. The van der Waals surface area contributed by atoms with Gasteiger partial charge in [0.15, 0.2) is 11.6 Å². The molecule has 1 aromatic heterocycles. The zero-order valence-electron chi connectivity index (χ0n) is 16.1. The summed E-state index contributed by atoms with van der Waals surface area (Å²) in [5.74, 6) is 1.79. The van der Waals surface area contributed by atoms with Crippen molar-refractivity contribution in [2.45, 2.75) is 40.0 Å². The summed E-state index contributed by atoms with van der Waals surface area (Å²) in [6.45, 7) is 6.92. The summed E-state index contributed by atoms with van der Waals surface area (Å²) < 4.78 is 5.56. The molecule has 0 bridgehead atoms. The lowest BCUT2D eigenvalue weighted by atomic mass is 10.00. The van der Waals surface area contributed by atoms with Crippen LogP contribution in [0.3, 0.4) is 0 Å². The van der Waals surface area contributed by atoms with Crippen molar-refractivity contribution in [3.8, 4) is 34.3 Å². The Bertz CT molecular complexity index is 925. The van der Waals surface area contributed by atoms with E-state index in [4.69, 9.17) is 4.74 Å². The SMILES string of the molecule is CCCOc1ccc(-c2ncnc(-c3ccc(CC)cc3CC)n2)c(O)c1. The minimum Gasteiger partial charge on any atom is -0.507 e.